The van der Waals surface area contributed by atoms with E-state index in [0.29, 0.717) is 99.1 Å². The molecule has 0 bridgehead atoms. The molecular weight excluding hydrogens is 1280 g/mol. The summed E-state index contributed by atoms with van der Waals surface area (Å²) in [5, 5.41) is 33.3. The first-order valence-corrected chi connectivity index (χ1v) is 32.2. The number of anilines is 1. The molecule has 2 N–H and O–H groups in total. The Hall–Kier alpha value is -7.74. The number of aromatic hydroxyl groups is 1. The van der Waals surface area contributed by atoms with E-state index in [0.717, 1.165) is 35.8 Å². The van der Waals surface area contributed by atoms with Crippen LogP contribution in [0.4, 0.5) is 5.69 Å². The summed E-state index contributed by atoms with van der Waals surface area (Å²) in [6.07, 6.45) is 4.49. The minimum Gasteiger partial charge on any atom is -0.493 e. The van der Waals surface area contributed by atoms with Crippen molar-refractivity contribution in [3.8, 4) is 28.6 Å². The quantitative estimate of drug-likeness (QED) is 0.0672. The number of carboxylic acid groups (broad SMARTS) is 1. The zero-order valence-corrected chi connectivity index (χ0v) is 56.3. The summed E-state index contributed by atoms with van der Waals surface area (Å²) in [5.74, 6) is -2.51. The van der Waals surface area contributed by atoms with Crippen molar-refractivity contribution in [2.45, 2.75) is 118 Å². The standard InChI is InChI=1S/C23H32N2O4.C16H18Cl2N2O4.C16H17N3O5S.C8H6Cl2O3/c1-7-16-13-15(3)14-17(8-2)18(16)19-20(26)24-9-11-28-12-10-25(24)21(19)29-22(27)23(4,5)6;1-4-23-14(21)12-9-16(3,15(22)24-5-2)20(19-12)13-7-6-10(17)8-11(13)18;1-9-10(15(20)11-8-17-19(2)16(11)21)4-5-13(25(3,22)23)14(9)12-6-7-24-18-12;9-5-1-2-7(6(10)3-5)13-4-8(11)12/h13-14H,7-12H2,1-6H3;6-8H,4-5,9H2,1-3H3;4-5,8,21H,6-7H2,1-3H3;1-3H,4H2,(H,11,12). The second-order valence-corrected chi connectivity index (χ2v) is 25.8. The van der Waals surface area contributed by atoms with Crippen LogP contribution in [0.25, 0.3) is 11.1 Å². The van der Waals surface area contributed by atoms with Gasteiger partial charge in [-0.25, -0.2) is 41.9 Å². The SMILES string of the molecule is CCOC(=O)C1=NN(c2ccc(Cl)cc2Cl)C(C)(C(=O)OCC)C1.CCc1cc(C)cc(CC)c1-c1c(OC(=O)C(C)(C)C)n2n(c1=O)CCOCC2.Cc1c(C(=O)c2cnn(C)c2O)ccc(S(C)(=O)=O)c1C1=NOCC1.O=C(O)COc1ccc(Cl)cc1Cl. The summed E-state index contributed by atoms with van der Waals surface area (Å²) < 4.78 is 55.4. The number of halogens is 4. The Morgan fingerprint density at radius 2 is 1.41 bits per heavy atom. The third-order valence-corrected chi connectivity index (χ3v) is 16.5. The zero-order valence-electron chi connectivity index (χ0n) is 52.5. The summed E-state index contributed by atoms with van der Waals surface area (Å²) in [5.41, 5.74) is 5.05. The predicted molar refractivity (Wildman–Crippen MR) is 345 cm³/mol. The minimum atomic E-state index is -3.52. The first-order valence-electron chi connectivity index (χ1n) is 28.8. The van der Waals surface area contributed by atoms with Crippen molar-refractivity contribution in [2.75, 3.05) is 50.9 Å². The second-order valence-electron chi connectivity index (χ2n) is 22.1. The van der Waals surface area contributed by atoms with Gasteiger partial charge in [0.1, 0.15) is 29.2 Å². The molecule has 0 fully saturated rings. The lowest BCUT2D eigenvalue weighted by molar-refractivity contribution is -0.148. The molecule has 5 heterocycles. The molecule has 0 radical (unpaired) electrons. The summed E-state index contributed by atoms with van der Waals surface area (Å²) >= 11 is 23.5. The van der Waals surface area contributed by atoms with Crippen molar-refractivity contribution in [1.29, 1.82) is 0 Å². The molecule has 1 atom stereocenters. The Morgan fingerprint density at radius 1 is 0.791 bits per heavy atom. The average Bonchev–Trinajstić information content (AvgIpc) is 1.66. The maximum Gasteiger partial charge on any atom is 0.354 e. The van der Waals surface area contributed by atoms with E-state index in [9.17, 15) is 42.3 Å². The molecule has 4 aromatic carbocycles. The Morgan fingerprint density at radius 3 is 1.93 bits per heavy atom. The van der Waals surface area contributed by atoms with E-state index in [1.807, 2.05) is 20.8 Å². The number of hydrogen-bond donors (Lipinski definition) is 2. The molecule has 9 rings (SSSR count). The van der Waals surface area contributed by atoms with Crippen LogP contribution >= 0.6 is 46.4 Å². The van der Waals surface area contributed by atoms with E-state index in [-0.39, 0.29) is 58.8 Å². The number of esters is 3. The van der Waals surface area contributed by atoms with Crippen LogP contribution in [-0.4, -0.2) is 130 Å². The number of nitrogens with zero attached hydrogens (tertiary/aromatic N) is 7. The number of carboxylic acids is 1. The molecule has 3 aliphatic heterocycles. The number of aromatic nitrogens is 4. The van der Waals surface area contributed by atoms with Gasteiger partial charge in [-0.2, -0.15) is 10.2 Å². The summed E-state index contributed by atoms with van der Waals surface area (Å²) in [6, 6.07) is 16.5. The maximum absolute atomic E-state index is 13.5. The van der Waals surface area contributed by atoms with Gasteiger partial charge in [-0.05, 0) is 139 Å². The summed E-state index contributed by atoms with van der Waals surface area (Å²) in [7, 11) is -2.00. The molecule has 3 aliphatic rings. The molecule has 0 saturated heterocycles. The molecule has 0 aliphatic carbocycles. The predicted octanol–water partition coefficient (Wildman–Crippen LogP) is 10.8. The molecule has 6 aromatic rings. The van der Waals surface area contributed by atoms with Crippen molar-refractivity contribution in [1.82, 2.24) is 19.1 Å². The molecule has 23 nitrogen and oxygen atoms in total. The van der Waals surface area contributed by atoms with Crippen molar-refractivity contribution in [2.24, 2.45) is 22.7 Å². The third kappa shape index (κ3) is 17.3. The van der Waals surface area contributed by atoms with Crippen LogP contribution in [0.1, 0.15) is 112 Å². The zero-order chi connectivity index (χ0) is 67.4. The number of sulfone groups is 1. The molecule has 91 heavy (non-hydrogen) atoms. The molecule has 490 valence electrons. The number of ether oxygens (including phenoxy) is 5. The maximum atomic E-state index is 13.5. The number of rotatable bonds is 16. The fraction of sp³-hybridized carbons (Fsp3) is 0.413. The normalized spacial score (nSPS) is 15.1. The van der Waals surface area contributed by atoms with Crippen molar-refractivity contribution in [3.63, 3.8) is 0 Å². The van der Waals surface area contributed by atoms with Gasteiger partial charge in [-0.3, -0.25) is 14.4 Å². The third-order valence-electron chi connectivity index (χ3n) is 14.3. The lowest BCUT2D eigenvalue weighted by Crippen LogP contribution is -2.48. The van der Waals surface area contributed by atoms with Gasteiger partial charge < -0.3 is 38.7 Å². The molecule has 0 amide bonds. The number of oxime groups is 1. The van der Waals surface area contributed by atoms with Crippen LogP contribution < -0.4 is 20.0 Å². The van der Waals surface area contributed by atoms with Gasteiger partial charge in [0.25, 0.3) is 5.56 Å². The van der Waals surface area contributed by atoms with Crippen LogP contribution in [-0.2, 0) is 81.0 Å². The van der Waals surface area contributed by atoms with E-state index in [4.69, 9.17) is 80.0 Å². The fourth-order valence-electron chi connectivity index (χ4n) is 9.76. The monoisotopic (exact) mass is 1360 g/mol. The van der Waals surface area contributed by atoms with Gasteiger partial charge >= 0.3 is 23.9 Å². The second kappa shape index (κ2) is 31.1. The number of aliphatic carboxylic acids is 1. The number of hydrogen-bond acceptors (Lipinski definition) is 19. The highest BCUT2D eigenvalue weighted by Crippen LogP contribution is 2.40. The first-order chi connectivity index (χ1) is 42.8. The lowest BCUT2D eigenvalue weighted by Gasteiger charge is -2.32. The van der Waals surface area contributed by atoms with Crippen LogP contribution in [0, 0.1) is 19.3 Å². The number of benzene rings is 4. The number of carbonyl (C=O) groups excluding carboxylic acids is 4. The number of ketones is 1. The number of aryl methyl sites for hydroxylation is 4. The number of fused-ring (bicyclic) bond motifs is 1. The van der Waals surface area contributed by atoms with Crippen LogP contribution in [0.5, 0.6) is 17.5 Å². The van der Waals surface area contributed by atoms with E-state index < -0.39 is 51.1 Å². The van der Waals surface area contributed by atoms with E-state index >= 15 is 0 Å². The lowest BCUT2D eigenvalue weighted by atomic mass is 9.91. The van der Waals surface area contributed by atoms with Crippen molar-refractivity contribution < 1.29 is 71.1 Å². The van der Waals surface area contributed by atoms with Crippen LogP contribution in [0.3, 0.4) is 0 Å². The fourth-order valence-corrected chi connectivity index (χ4v) is 11.7. The number of hydrazone groups is 1. The number of carbonyl (C=O) groups is 5. The van der Waals surface area contributed by atoms with Gasteiger partial charge in [0, 0.05) is 47.3 Å². The Kier molecular flexibility index (Phi) is 24.7. The highest BCUT2D eigenvalue weighted by atomic mass is 35.5. The van der Waals surface area contributed by atoms with Gasteiger partial charge in [-0.1, -0.05) is 83.1 Å². The van der Waals surface area contributed by atoms with E-state index in [1.54, 1.807) is 61.3 Å². The summed E-state index contributed by atoms with van der Waals surface area (Å²) in [6.45, 7) is 20.6. The average molecular weight is 1360 g/mol. The minimum absolute atomic E-state index is 0.0493. The summed E-state index contributed by atoms with van der Waals surface area (Å²) in [4.78, 5) is 78.9. The van der Waals surface area contributed by atoms with Crippen molar-refractivity contribution >= 4 is 103 Å². The molecule has 28 heteroatoms. The van der Waals surface area contributed by atoms with Gasteiger partial charge in [0.15, 0.2) is 27.8 Å². The Labute approximate surface area is 547 Å². The largest absolute Gasteiger partial charge is 0.493 e. The Bertz CT molecular complexity index is 3960. The topological polar surface area (TPSA) is 288 Å². The smallest absolute Gasteiger partial charge is 0.354 e. The molecular formula is C63H73Cl4N7O16S. The molecule has 0 saturated carbocycles. The van der Waals surface area contributed by atoms with Gasteiger partial charge in [0.2, 0.25) is 11.8 Å². The van der Waals surface area contributed by atoms with Gasteiger partial charge in [-0.15, -0.1) is 0 Å². The van der Waals surface area contributed by atoms with Crippen LogP contribution in [0.2, 0.25) is 20.1 Å². The molecule has 0 spiro atoms. The van der Waals surface area contributed by atoms with Gasteiger partial charge in [0.05, 0.1) is 77.5 Å². The Balaban J connectivity index is 0.000000199. The van der Waals surface area contributed by atoms with E-state index in [2.05, 4.69) is 48.3 Å². The van der Waals surface area contributed by atoms with Crippen molar-refractivity contribution in [3.05, 3.63) is 136 Å². The van der Waals surface area contributed by atoms with E-state index in [1.165, 1.54) is 52.8 Å². The molecule has 2 aromatic heterocycles. The first kappa shape index (κ1) is 72.3. The highest BCUT2D eigenvalue weighted by Gasteiger charge is 2.50. The molecule has 1 unspecified atom stereocenters. The highest BCUT2D eigenvalue weighted by molar-refractivity contribution is 7.90. The van der Waals surface area contributed by atoms with Crippen LogP contribution in [0.15, 0.2) is 86.8 Å².